The van der Waals surface area contributed by atoms with Crippen LogP contribution < -0.4 is 10.2 Å². The van der Waals surface area contributed by atoms with E-state index in [0.717, 1.165) is 25.3 Å². The zero-order valence-corrected chi connectivity index (χ0v) is 13.5. The molecule has 1 aromatic rings. The molecule has 1 N–H and O–H groups in total. The quantitative estimate of drug-likeness (QED) is 0.577. The molecule has 2 heterocycles. The van der Waals surface area contributed by atoms with Gasteiger partial charge < -0.3 is 19.9 Å². The Morgan fingerprint density at radius 3 is 2.70 bits per heavy atom. The molecule has 0 aliphatic carbocycles. The minimum atomic E-state index is -0.224. The maximum Gasteiger partial charge on any atom is 0.232 e. The monoisotopic (exact) mass is 320 g/mol. The molecule has 126 valence electrons. The summed E-state index contributed by atoms with van der Waals surface area (Å²) >= 11 is 0. The molecule has 1 fully saturated rings. The zero-order chi connectivity index (χ0) is 16.5. The first-order valence-electron chi connectivity index (χ1n) is 7.90. The van der Waals surface area contributed by atoms with Gasteiger partial charge in [0, 0.05) is 52.6 Å². The van der Waals surface area contributed by atoms with E-state index in [1.165, 1.54) is 0 Å². The lowest BCUT2D eigenvalue weighted by Crippen LogP contribution is -2.49. The van der Waals surface area contributed by atoms with E-state index in [1.807, 2.05) is 18.2 Å². The lowest BCUT2D eigenvalue weighted by molar-refractivity contribution is -0.136. The van der Waals surface area contributed by atoms with E-state index in [9.17, 15) is 9.59 Å². The molecule has 0 radical (unpaired) electrons. The first-order valence-corrected chi connectivity index (χ1v) is 7.90. The Kier molecular flexibility index (Phi) is 6.80. The molecule has 0 saturated carbocycles. The molecular weight excluding hydrogens is 296 g/mol. The Bertz CT molecular complexity index is 501. The number of ether oxygens (including phenoxy) is 1. The maximum atomic E-state index is 12.1. The number of anilines is 1. The second-order valence-electron chi connectivity index (χ2n) is 5.43. The molecule has 1 saturated heterocycles. The van der Waals surface area contributed by atoms with Crippen LogP contribution in [0.3, 0.4) is 0 Å². The number of nitrogens with zero attached hydrogens (tertiary/aromatic N) is 3. The smallest absolute Gasteiger partial charge is 0.232 e. The van der Waals surface area contributed by atoms with Crippen molar-refractivity contribution in [1.29, 1.82) is 0 Å². The van der Waals surface area contributed by atoms with Crippen molar-refractivity contribution in [3.05, 3.63) is 24.4 Å². The summed E-state index contributed by atoms with van der Waals surface area (Å²) in [7, 11) is 1.62. The van der Waals surface area contributed by atoms with Crippen LogP contribution in [0.1, 0.15) is 12.8 Å². The zero-order valence-electron chi connectivity index (χ0n) is 13.5. The van der Waals surface area contributed by atoms with Gasteiger partial charge in [-0.3, -0.25) is 9.59 Å². The molecule has 7 heteroatoms. The topological polar surface area (TPSA) is 74.8 Å². The summed E-state index contributed by atoms with van der Waals surface area (Å²) in [5.74, 6) is 0.587. The Morgan fingerprint density at radius 2 is 2.04 bits per heavy atom. The molecule has 23 heavy (non-hydrogen) atoms. The molecule has 2 rings (SSSR count). The minimum absolute atomic E-state index is 0.0867. The van der Waals surface area contributed by atoms with Crippen LogP contribution in [0.25, 0.3) is 0 Å². The number of amides is 2. The average Bonchev–Trinajstić information content (AvgIpc) is 2.59. The van der Waals surface area contributed by atoms with Gasteiger partial charge in [-0.05, 0) is 18.6 Å². The summed E-state index contributed by atoms with van der Waals surface area (Å²) in [4.78, 5) is 32.1. The summed E-state index contributed by atoms with van der Waals surface area (Å²) in [6.07, 6.45) is 2.43. The van der Waals surface area contributed by atoms with Crippen LogP contribution in [0.2, 0.25) is 0 Å². The van der Waals surface area contributed by atoms with Gasteiger partial charge in [0.25, 0.3) is 0 Å². The van der Waals surface area contributed by atoms with E-state index in [2.05, 4.69) is 15.2 Å². The lowest BCUT2D eigenvalue weighted by atomic mass is 10.2. The van der Waals surface area contributed by atoms with Gasteiger partial charge in [0.15, 0.2) is 0 Å². The molecule has 2 amide bonds. The molecule has 0 atom stereocenters. The second-order valence-corrected chi connectivity index (χ2v) is 5.43. The number of rotatable bonds is 7. The first kappa shape index (κ1) is 17.2. The number of piperazine rings is 1. The fourth-order valence-corrected chi connectivity index (χ4v) is 2.48. The van der Waals surface area contributed by atoms with Gasteiger partial charge in [0.2, 0.25) is 11.8 Å². The van der Waals surface area contributed by atoms with E-state index in [4.69, 9.17) is 4.74 Å². The van der Waals surface area contributed by atoms with Crippen LogP contribution >= 0.6 is 0 Å². The van der Waals surface area contributed by atoms with E-state index in [1.54, 1.807) is 18.2 Å². The maximum absolute atomic E-state index is 12.1. The SMILES string of the molecule is COCCCNC(=O)CC(=O)N1CCN(c2ccccn2)CC1. The fraction of sp³-hybridized carbons (Fsp3) is 0.562. The molecule has 1 aliphatic rings. The number of carbonyl (C=O) groups is 2. The van der Waals surface area contributed by atoms with E-state index in [0.29, 0.717) is 26.2 Å². The Labute approximate surface area is 136 Å². The second kappa shape index (κ2) is 9.09. The third kappa shape index (κ3) is 5.52. The standard InChI is InChI=1S/C16H24N4O3/c1-23-12-4-7-18-15(21)13-16(22)20-10-8-19(9-11-20)14-5-2-3-6-17-14/h2-3,5-6H,4,7-13H2,1H3,(H,18,21). The summed E-state index contributed by atoms with van der Waals surface area (Å²) in [6.45, 7) is 3.84. The lowest BCUT2D eigenvalue weighted by Gasteiger charge is -2.35. The first-order chi connectivity index (χ1) is 11.2. The number of methoxy groups -OCH3 is 1. The van der Waals surface area contributed by atoms with Crippen molar-refractivity contribution in [1.82, 2.24) is 15.2 Å². The third-order valence-corrected chi connectivity index (χ3v) is 3.76. The number of hydrogen-bond donors (Lipinski definition) is 1. The summed E-state index contributed by atoms with van der Waals surface area (Å²) < 4.78 is 4.91. The Hall–Kier alpha value is -2.15. The van der Waals surface area contributed by atoms with E-state index in [-0.39, 0.29) is 18.2 Å². The van der Waals surface area contributed by atoms with Gasteiger partial charge in [-0.25, -0.2) is 4.98 Å². The van der Waals surface area contributed by atoms with Crippen molar-refractivity contribution in [3.8, 4) is 0 Å². The highest BCUT2D eigenvalue weighted by molar-refractivity contribution is 5.96. The van der Waals surface area contributed by atoms with Crippen molar-refractivity contribution >= 4 is 17.6 Å². The van der Waals surface area contributed by atoms with Gasteiger partial charge in [0.05, 0.1) is 0 Å². The minimum Gasteiger partial charge on any atom is -0.385 e. The summed E-state index contributed by atoms with van der Waals surface area (Å²) in [5, 5.41) is 2.74. The highest BCUT2D eigenvalue weighted by atomic mass is 16.5. The number of aromatic nitrogens is 1. The molecule has 0 bridgehead atoms. The van der Waals surface area contributed by atoms with Gasteiger partial charge in [-0.1, -0.05) is 6.07 Å². The van der Waals surface area contributed by atoms with Gasteiger partial charge in [-0.15, -0.1) is 0 Å². The van der Waals surface area contributed by atoms with E-state index < -0.39 is 0 Å². The number of carbonyl (C=O) groups excluding carboxylic acids is 2. The van der Waals surface area contributed by atoms with Crippen LogP contribution in [-0.4, -0.2) is 68.1 Å². The highest BCUT2D eigenvalue weighted by Gasteiger charge is 2.23. The predicted octanol–water partition coefficient (Wildman–Crippen LogP) is 0.273. The Balaban J connectivity index is 1.70. The van der Waals surface area contributed by atoms with Crippen LogP contribution in [0.4, 0.5) is 5.82 Å². The van der Waals surface area contributed by atoms with Crippen molar-refractivity contribution in [3.63, 3.8) is 0 Å². The van der Waals surface area contributed by atoms with Crippen LogP contribution in [-0.2, 0) is 14.3 Å². The number of hydrogen-bond acceptors (Lipinski definition) is 5. The predicted molar refractivity (Wildman–Crippen MR) is 87.1 cm³/mol. The van der Waals surface area contributed by atoms with Crippen LogP contribution in [0, 0.1) is 0 Å². The molecular formula is C16H24N4O3. The normalized spacial score (nSPS) is 14.7. The summed E-state index contributed by atoms with van der Waals surface area (Å²) in [6, 6.07) is 5.80. The van der Waals surface area contributed by atoms with Gasteiger partial charge in [-0.2, -0.15) is 0 Å². The molecule has 1 aromatic heterocycles. The van der Waals surface area contributed by atoms with Crippen molar-refractivity contribution in [2.75, 3.05) is 51.3 Å². The Morgan fingerprint density at radius 1 is 1.26 bits per heavy atom. The average molecular weight is 320 g/mol. The van der Waals surface area contributed by atoms with Crippen LogP contribution in [0.5, 0.6) is 0 Å². The van der Waals surface area contributed by atoms with Crippen LogP contribution in [0.15, 0.2) is 24.4 Å². The van der Waals surface area contributed by atoms with Gasteiger partial charge >= 0.3 is 0 Å². The molecule has 0 aromatic carbocycles. The third-order valence-electron chi connectivity index (χ3n) is 3.76. The van der Waals surface area contributed by atoms with E-state index >= 15 is 0 Å². The number of nitrogens with one attached hydrogen (secondary N) is 1. The van der Waals surface area contributed by atoms with Gasteiger partial charge in [0.1, 0.15) is 12.2 Å². The highest BCUT2D eigenvalue weighted by Crippen LogP contribution is 2.12. The van der Waals surface area contributed by atoms with Crippen molar-refractivity contribution in [2.24, 2.45) is 0 Å². The molecule has 0 unspecified atom stereocenters. The van der Waals surface area contributed by atoms with Crippen molar-refractivity contribution < 1.29 is 14.3 Å². The molecule has 7 nitrogen and oxygen atoms in total. The fourth-order valence-electron chi connectivity index (χ4n) is 2.48. The number of pyridine rings is 1. The summed E-state index contributed by atoms with van der Waals surface area (Å²) in [5.41, 5.74) is 0. The molecule has 1 aliphatic heterocycles. The van der Waals surface area contributed by atoms with Crippen molar-refractivity contribution in [2.45, 2.75) is 12.8 Å². The largest absolute Gasteiger partial charge is 0.385 e. The molecule has 0 spiro atoms.